The van der Waals surface area contributed by atoms with Gasteiger partial charge in [0.05, 0.1) is 17.9 Å². The molecule has 4 rings (SSSR count). The number of imide groups is 1. The molecular formula is C18H23NO5. The van der Waals surface area contributed by atoms with Crippen molar-refractivity contribution in [1.82, 2.24) is 4.90 Å². The molecule has 0 aromatic heterocycles. The number of hydrogen-bond acceptors (Lipinski definition) is 5. The lowest BCUT2D eigenvalue weighted by Crippen LogP contribution is -2.41. The van der Waals surface area contributed by atoms with Gasteiger partial charge in [0, 0.05) is 7.11 Å². The van der Waals surface area contributed by atoms with Gasteiger partial charge in [0.15, 0.2) is 0 Å². The fourth-order valence-electron chi connectivity index (χ4n) is 4.92. The Hall–Kier alpha value is -1.69. The molecule has 6 atom stereocenters. The molecule has 1 saturated heterocycles. The maximum atomic E-state index is 12.6. The van der Waals surface area contributed by atoms with Gasteiger partial charge < -0.3 is 9.47 Å². The minimum absolute atomic E-state index is 0.0906. The molecule has 1 heterocycles. The van der Waals surface area contributed by atoms with E-state index in [0.29, 0.717) is 0 Å². The van der Waals surface area contributed by atoms with Crippen LogP contribution in [0.15, 0.2) is 12.2 Å². The third kappa shape index (κ3) is 2.39. The van der Waals surface area contributed by atoms with Gasteiger partial charge in [-0.1, -0.05) is 18.6 Å². The maximum absolute atomic E-state index is 12.6. The van der Waals surface area contributed by atoms with Crippen molar-refractivity contribution in [3.8, 4) is 0 Å². The number of nitrogens with zero attached hydrogens (tertiary/aromatic N) is 1. The third-order valence-corrected chi connectivity index (χ3v) is 6.08. The Kier molecular flexibility index (Phi) is 3.95. The number of carbonyl (C=O) groups excluding carboxylic acids is 3. The van der Waals surface area contributed by atoms with Gasteiger partial charge in [0.1, 0.15) is 12.6 Å². The summed E-state index contributed by atoms with van der Waals surface area (Å²) in [4.78, 5) is 38.5. The van der Waals surface area contributed by atoms with E-state index in [2.05, 4.69) is 0 Å². The molecule has 130 valence electrons. The molecule has 4 aliphatic rings. The van der Waals surface area contributed by atoms with Crippen LogP contribution < -0.4 is 0 Å². The summed E-state index contributed by atoms with van der Waals surface area (Å²) in [6.07, 6.45) is 8.32. The second-order valence-corrected chi connectivity index (χ2v) is 7.35. The highest BCUT2D eigenvalue weighted by molar-refractivity contribution is 6.08. The topological polar surface area (TPSA) is 72.9 Å². The first-order chi connectivity index (χ1) is 11.6. The van der Waals surface area contributed by atoms with Gasteiger partial charge in [0.25, 0.3) is 0 Å². The molecule has 24 heavy (non-hydrogen) atoms. The predicted octanol–water partition coefficient (Wildman–Crippen LogP) is 1.29. The molecule has 6 heteroatoms. The van der Waals surface area contributed by atoms with E-state index in [1.165, 1.54) is 0 Å². The molecule has 2 amide bonds. The minimum atomic E-state index is -0.508. The van der Waals surface area contributed by atoms with Crippen LogP contribution in [0.25, 0.3) is 0 Å². The SMILES string of the molecule is CO[C@@H]1CCCC[C@@H]1OC(=O)CN1C(=O)[C@H]2[C@H](C1=O)[C@H]1C=C[C@H]2C1. The first-order valence-corrected chi connectivity index (χ1v) is 8.86. The second-order valence-electron chi connectivity index (χ2n) is 7.35. The van der Waals surface area contributed by atoms with Crippen LogP contribution in [0.3, 0.4) is 0 Å². The van der Waals surface area contributed by atoms with E-state index in [0.717, 1.165) is 37.0 Å². The van der Waals surface area contributed by atoms with Crippen molar-refractivity contribution < 1.29 is 23.9 Å². The van der Waals surface area contributed by atoms with E-state index >= 15 is 0 Å². The van der Waals surface area contributed by atoms with Crippen LogP contribution >= 0.6 is 0 Å². The highest BCUT2D eigenvalue weighted by Gasteiger charge is 2.59. The summed E-state index contributed by atoms with van der Waals surface area (Å²) in [5, 5.41) is 0. The quantitative estimate of drug-likeness (QED) is 0.440. The number of methoxy groups -OCH3 is 1. The fourth-order valence-corrected chi connectivity index (χ4v) is 4.92. The lowest BCUT2D eigenvalue weighted by Gasteiger charge is -2.30. The Morgan fingerprint density at radius 3 is 2.25 bits per heavy atom. The Labute approximate surface area is 141 Å². The van der Waals surface area contributed by atoms with Crippen LogP contribution in [0.2, 0.25) is 0 Å². The summed E-state index contributed by atoms with van der Waals surface area (Å²) in [7, 11) is 1.62. The molecule has 0 radical (unpaired) electrons. The van der Waals surface area contributed by atoms with Gasteiger partial charge in [-0.15, -0.1) is 0 Å². The summed E-state index contributed by atoms with van der Waals surface area (Å²) in [6.45, 7) is -0.267. The number of likely N-dealkylation sites (tertiary alicyclic amines) is 1. The van der Waals surface area contributed by atoms with Crippen molar-refractivity contribution in [2.45, 2.75) is 44.3 Å². The number of carbonyl (C=O) groups is 3. The average Bonchev–Trinajstić information content (AvgIpc) is 3.25. The van der Waals surface area contributed by atoms with Gasteiger partial charge in [-0.3, -0.25) is 19.3 Å². The number of fused-ring (bicyclic) bond motifs is 5. The van der Waals surface area contributed by atoms with Crippen molar-refractivity contribution in [3.05, 3.63) is 12.2 Å². The van der Waals surface area contributed by atoms with Gasteiger partial charge in [-0.2, -0.15) is 0 Å². The Morgan fingerprint density at radius 2 is 1.67 bits per heavy atom. The monoisotopic (exact) mass is 333 g/mol. The van der Waals surface area contributed by atoms with Crippen LogP contribution in [-0.4, -0.2) is 48.5 Å². The van der Waals surface area contributed by atoms with Crippen LogP contribution in [0.5, 0.6) is 0 Å². The average molecular weight is 333 g/mol. The van der Waals surface area contributed by atoms with Crippen molar-refractivity contribution >= 4 is 17.8 Å². The van der Waals surface area contributed by atoms with Gasteiger partial charge in [-0.05, 0) is 37.5 Å². The molecule has 0 N–H and O–H groups in total. The van der Waals surface area contributed by atoms with Gasteiger partial charge in [-0.25, -0.2) is 0 Å². The molecule has 1 aliphatic heterocycles. The summed E-state index contributed by atoms with van der Waals surface area (Å²) < 4.78 is 10.9. The first-order valence-electron chi connectivity index (χ1n) is 8.86. The molecule has 0 aromatic carbocycles. The van der Waals surface area contributed by atoms with Crippen molar-refractivity contribution in [2.24, 2.45) is 23.7 Å². The van der Waals surface area contributed by atoms with Crippen molar-refractivity contribution in [3.63, 3.8) is 0 Å². The Balaban J connectivity index is 1.40. The zero-order valence-corrected chi connectivity index (χ0v) is 13.8. The van der Waals surface area contributed by atoms with Gasteiger partial charge in [0.2, 0.25) is 11.8 Å². The van der Waals surface area contributed by atoms with E-state index in [-0.39, 0.29) is 54.2 Å². The summed E-state index contributed by atoms with van der Waals surface area (Å²) in [6, 6.07) is 0. The first kappa shape index (κ1) is 15.8. The molecule has 0 spiro atoms. The van der Waals surface area contributed by atoms with Crippen LogP contribution in [0, 0.1) is 23.7 Å². The molecule has 3 aliphatic carbocycles. The molecule has 3 fully saturated rings. The second kappa shape index (κ2) is 5.99. The summed E-state index contributed by atoms with van der Waals surface area (Å²) >= 11 is 0. The largest absolute Gasteiger partial charge is 0.458 e. The number of esters is 1. The normalized spacial score (nSPS) is 40.3. The van der Waals surface area contributed by atoms with Gasteiger partial charge >= 0.3 is 5.97 Å². The number of hydrogen-bond donors (Lipinski definition) is 0. The van der Waals surface area contributed by atoms with Crippen molar-refractivity contribution in [1.29, 1.82) is 0 Å². The molecular weight excluding hydrogens is 310 g/mol. The third-order valence-electron chi connectivity index (χ3n) is 6.08. The number of allylic oxidation sites excluding steroid dienone is 2. The smallest absolute Gasteiger partial charge is 0.326 e. The maximum Gasteiger partial charge on any atom is 0.326 e. The number of ether oxygens (including phenoxy) is 2. The summed E-state index contributed by atoms with van der Waals surface area (Å²) in [5.41, 5.74) is 0. The zero-order valence-electron chi connectivity index (χ0n) is 13.8. The van der Waals surface area contributed by atoms with E-state index < -0.39 is 5.97 Å². The Bertz CT molecular complexity index is 570. The summed E-state index contributed by atoms with van der Waals surface area (Å²) in [5.74, 6) is -1.12. The lowest BCUT2D eigenvalue weighted by molar-refractivity contribution is -0.164. The number of rotatable bonds is 4. The van der Waals surface area contributed by atoms with Crippen LogP contribution in [-0.2, 0) is 23.9 Å². The lowest BCUT2D eigenvalue weighted by atomic mass is 9.85. The van der Waals surface area contributed by atoms with Crippen LogP contribution in [0.4, 0.5) is 0 Å². The van der Waals surface area contributed by atoms with E-state index in [1.807, 2.05) is 12.2 Å². The molecule has 6 nitrogen and oxygen atoms in total. The zero-order chi connectivity index (χ0) is 16.8. The minimum Gasteiger partial charge on any atom is -0.458 e. The fraction of sp³-hybridized carbons (Fsp3) is 0.722. The van der Waals surface area contributed by atoms with Crippen LogP contribution in [0.1, 0.15) is 32.1 Å². The Morgan fingerprint density at radius 1 is 1.08 bits per heavy atom. The highest BCUT2D eigenvalue weighted by atomic mass is 16.6. The number of amides is 2. The van der Waals surface area contributed by atoms with E-state index in [9.17, 15) is 14.4 Å². The van der Waals surface area contributed by atoms with Crippen molar-refractivity contribution in [2.75, 3.05) is 13.7 Å². The highest BCUT2D eigenvalue weighted by Crippen LogP contribution is 2.52. The predicted molar refractivity (Wildman–Crippen MR) is 83.6 cm³/mol. The van der Waals surface area contributed by atoms with E-state index in [1.54, 1.807) is 7.11 Å². The molecule has 2 bridgehead atoms. The van der Waals surface area contributed by atoms with E-state index in [4.69, 9.17) is 9.47 Å². The molecule has 0 aromatic rings. The molecule has 2 saturated carbocycles. The standard InChI is InChI=1S/C18H23NO5/c1-23-12-4-2-3-5-13(12)24-14(20)9-19-17(21)15-10-6-7-11(8-10)16(15)18(19)22/h6-7,10-13,15-16H,2-5,8-9H2,1H3/t10-,11-,12+,13-,15+,16+/m0/s1. The molecule has 0 unspecified atom stereocenters.